The van der Waals surface area contributed by atoms with Crippen LogP contribution in [0.15, 0.2) is 0 Å². The first-order chi connectivity index (χ1) is 9.65. The zero-order valence-electron chi connectivity index (χ0n) is 14.7. The predicted octanol–water partition coefficient (Wildman–Crippen LogP) is 3.11. The summed E-state index contributed by atoms with van der Waals surface area (Å²) in [7, 11) is 0. The van der Waals surface area contributed by atoms with Gasteiger partial charge in [-0.2, -0.15) is 0 Å². The van der Waals surface area contributed by atoms with E-state index in [-0.39, 0.29) is 23.3 Å². The van der Waals surface area contributed by atoms with E-state index in [2.05, 4.69) is 19.2 Å². The first kappa shape index (κ1) is 18.0. The summed E-state index contributed by atoms with van der Waals surface area (Å²) in [4.78, 5) is 27.8. The Morgan fingerprint density at radius 3 is 2.10 bits per heavy atom. The second kappa shape index (κ2) is 6.37. The second-order valence-corrected chi connectivity index (χ2v) is 7.36. The largest absolute Gasteiger partial charge is 0.342 e. The molecule has 1 heterocycles. The molecule has 2 unspecified atom stereocenters. The molecule has 2 atom stereocenters. The highest BCUT2D eigenvalue weighted by molar-refractivity contribution is 6.00. The molecule has 0 spiro atoms. The van der Waals surface area contributed by atoms with Crippen molar-refractivity contribution < 1.29 is 9.59 Å². The normalized spacial score (nSPS) is 24.0. The van der Waals surface area contributed by atoms with Gasteiger partial charge < -0.3 is 10.2 Å². The minimum atomic E-state index is -0.687. The number of nitrogens with one attached hydrogen (secondary N) is 1. The van der Waals surface area contributed by atoms with Gasteiger partial charge in [0.05, 0.1) is 0 Å². The fourth-order valence-corrected chi connectivity index (χ4v) is 3.47. The molecule has 0 radical (unpaired) electrons. The Labute approximate surface area is 129 Å². The van der Waals surface area contributed by atoms with E-state index in [1.807, 2.05) is 39.5 Å². The molecule has 1 rings (SSSR count). The third kappa shape index (κ3) is 3.09. The van der Waals surface area contributed by atoms with Crippen molar-refractivity contribution in [1.29, 1.82) is 0 Å². The number of nitrogens with zero attached hydrogens (tertiary/aromatic N) is 1. The van der Waals surface area contributed by atoms with Gasteiger partial charge in [-0.15, -0.1) is 0 Å². The van der Waals surface area contributed by atoms with Crippen molar-refractivity contribution in [2.75, 3.05) is 0 Å². The van der Waals surface area contributed by atoms with Gasteiger partial charge >= 0.3 is 0 Å². The van der Waals surface area contributed by atoms with E-state index in [0.717, 1.165) is 12.8 Å². The van der Waals surface area contributed by atoms with Crippen molar-refractivity contribution in [2.24, 2.45) is 5.41 Å². The van der Waals surface area contributed by atoms with Gasteiger partial charge in [0.1, 0.15) is 11.6 Å². The lowest BCUT2D eigenvalue weighted by atomic mass is 9.78. The molecule has 1 aliphatic rings. The van der Waals surface area contributed by atoms with Crippen LogP contribution in [0.25, 0.3) is 0 Å². The van der Waals surface area contributed by atoms with Gasteiger partial charge in [0.2, 0.25) is 11.8 Å². The maximum atomic E-state index is 13.1. The molecule has 21 heavy (non-hydrogen) atoms. The van der Waals surface area contributed by atoms with Crippen LogP contribution < -0.4 is 5.32 Å². The molecular weight excluding hydrogens is 264 g/mol. The zero-order chi connectivity index (χ0) is 16.4. The fraction of sp³-hybridized carbons (Fsp3) is 0.882. The van der Waals surface area contributed by atoms with Gasteiger partial charge in [-0.25, -0.2) is 0 Å². The Hall–Kier alpha value is -1.06. The van der Waals surface area contributed by atoms with Crippen molar-refractivity contribution in [2.45, 2.75) is 91.8 Å². The maximum absolute atomic E-state index is 13.1. The molecule has 0 aromatic heterocycles. The number of piperazine rings is 1. The monoisotopic (exact) mass is 296 g/mol. The Bertz CT molecular complexity index is 394. The molecule has 1 N–H and O–H groups in total. The Morgan fingerprint density at radius 2 is 1.71 bits per heavy atom. The molecule has 2 amide bonds. The summed E-state index contributed by atoms with van der Waals surface area (Å²) in [5, 5.41) is 3.00. The Morgan fingerprint density at radius 1 is 1.19 bits per heavy atom. The first-order valence-electron chi connectivity index (χ1n) is 8.29. The third-order valence-corrected chi connectivity index (χ3v) is 4.83. The maximum Gasteiger partial charge on any atom is 0.246 e. The third-order valence-electron chi connectivity index (χ3n) is 4.83. The molecular formula is C17H32N2O2. The van der Waals surface area contributed by atoms with Crippen LogP contribution in [0.2, 0.25) is 0 Å². The number of hydrogen-bond acceptors (Lipinski definition) is 2. The quantitative estimate of drug-likeness (QED) is 0.847. The van der Waals surface area contributed by atoms with E-state index < -0.39 is 11.6 Å². The highest BCUT2D eigenvalue weighted by Gasteiger charge is 2.54. The van der Waals surface area contributed by atoms with Gasteiger partial charge in [-0.3, -0.25) is 9.59 Å². The average Bonchev–Trinajstić information content (AvgIpc) is 2.39. The molecule has 0 aliphatic carbocycles. The summed E-state index contributed by atoms with van der Waals surface area (Å²) in [6.45, 7) is 14.2. The van der Waals surface area contributed by atoms with Crippen molar-refractivity contribution in [3.63, 3.8) is 0 Å². The van der Waals surface area contributed by atoms with Crippen LogP contribution in [0.1, 0.15) is 74.1 Å². The van der Waals surface area contributed by atoms with E-state index in [0.29, 0.717) is 12.8 Å². The number of carbonyl (C=O) groups is 2. The van der Waals surface area contributed by atoms with E-state index in [1.54, 1.807) is 0 Å². The molecule has 0 aromatic rings. The van der Waals surface area contributed by atoms with Crippen molar-refractivity contribution in [3.8, 4) is 0 Å². The van der Waals surface area contributed by atoms with Gasteiger partial charge in [0.15, 0.2) is 0 Å². The Kier molecular flexibility index (Phi) is 5.46. The van der Waals surface area contributed by atoms with Crippen LogP contribution in [0, 0.1) is 5.41 Å². The Balaban J connectivity index is 3.30. The SMILES string of the molecule is CCCC(C)N1C(=O)C(C(C)(C)C)NC(=O)C1(CC)CC. The van der Waals surface area contributed by atoms with Gasteiger partial charge in [-0.1, -0.05) is 48.0 Å². The zero-order valence-corrected chi connectivity index (χ0v) is 14.7. The molecule has 0 saturated carbocycles. The second-order valence-electron chi connectivity index (χ2n) is 7.36. The molecule has 4 nitrogen and oxygen atoms in total. The molecule has 0 bridgehead atoms. The van der Waals surface area contributed by atoms with Crippen molar-refractivity contribution in [1.82, 2.24) is 10.2 Å². The first-order valence-corrected chi connectivity index (χ1v) is 8.29. The summed E-state index contributed by atoms with van der Waals surface area (Å²) in [5.74, 6) is 0.0849. The van der Waals surface area contributed by atoms with Crippen LogP contribution in [0.4, 0.5) is 0 Å². The molecule has 1 saturated heterocycles. The molecule has 4 heteroatoms. The summed E-state index contributed by atoms with van der Waals surface area (Å²) in [6.07, 6.45) is 3.26. The number of hydrogen-bond donors (Lipinski definition) is 1. The number of rotatable bonds is 5. The summed E-state index contributed by atoms with van der Waals surface area (Å²) < 4.78 is 0. The average molecular weight is 296 g/mol. The van der Waals surface area contributed by atoms with Gasteiger partial charge in [0, 0.05) is 6.04 Å². The van der Waals surface area contributed by atoms with Crippen molar-refractivity contribution in [3.05, 3.63) is 0 Å². The predicted molar refractivity (Wildman–Crippen MR) is 85.9 cm³/mol. The summed E-state index contributed by atoms with van der Waals surface area (Å²) in [5.41, 5.74) is -0.960. The van der Waals surface area contributed by atoms with Crippen LogP contribution in [-0.4, -0.2) is 34.3 Å². The molecule has 1 fully saturated rings. The fourth-order valence-electron chi connectivity index (χ4n) is 3.47. The van der Waals surface area contributed by atoms with Crippen LogP contribution in [0.5, 0.6) is 0 Å². The van der Waals surface area contributed by atoms with E-state index >= 15 is 0 Å². The molecule has 1 aliphatic heterocycles. The number of carbonyl (C=O) groups excluding carboxylic acids is 2. The van der Waals surface area contributed by atoms with Crippen LogP contribution in [0.3, 0.4) is 0 Å². The van der Waals surface area contributed by atoms with E-state index in [1.165, 1.54) is 0 Å². The number of amides is 2. The minimum absolute atomic E-state index is 0.00924. The van der Waals surface area contributed by atoms with Crippen LogP contribution >= 0.6 is 0 Å². The minimum Gasteiger partial charge on any atom is -0.342 e. The van der Waals surface area contributed by atoms with Gasteiger partial charge in [-0.05, 0) is 31.6 Å². The standard InChI is InChI=1S/C17H32N2O2/c1-8-11-12(4)19-14(20)13(16(5,6)7)18-15(21)17(19,9-2)10-3/h12-13H,8-11H2,1-7H3,(H,18,21). The lowest BCUT2D eigenvalue weighted by molar-refractivity contribution is -0.165. The van der Waals surface area contributed by atoms with Crippen molar-refractivity contribution >= 4 is 11.8 Å². The summed E-state index contributed by atoms with van der Waals surface area (Å²) >= 11 is 0. The summed E-state index contributed by atoms with van der Waals surface area (Å²) in [6, 6.07) is -0.339. The van der Waals surface area contributed by atoms with Crippen LogP contribution in [-0.2, 0) is 9.59 Å². The van der Waals surface area contributed by atoms with E-state index in [4.69, 9.17) is 0 Å². The smallest absolute Gasteiger partial charge is 0.246 e. The van der Waals surface area contributed by atoms with E-state index in [9.17, 15) is 9.59 Å². The topological polar surface area (TPSA) is 49.4 Å². The molecule has 122 valence electrons. The highest BCUT2D eigenvalue weighted by atomic mass is 16.2. The highest BCUT2D eigenvalue weighted by Crippen LogP contribution is 2.35. The lowest BCUT2D eigenvalue weighted by Crippen LogP contribution is -2.74. The van der Waals surface area contributed by atoms with Gasteiger partial charge in [0.25, 0.3) is 0 Å². The molecule has 0 aromatic carbocycles. The lowest BCUT2D eigenvalue weighted by Gasteiger charge is -2.52.